The molecule has 0 aliphatic heterocycles. The van der Waals surface area contributed by atoms with E-state index in [0.29, 0.717) is 11.5 Å². The summed E-state index contributed by atoms with van der Waals surface area (Å²) in [7, 11) is 0. The first-order valence-electron chi connectivity index (χ1n) is 10.2. The molecule has 2 heterocycles. The van der Waals surface area contributed by atoms with Gasteiger partial charge in [0.05, 0.1) is 28.8 Å². The number of nitrogens with one attached hydrogen (secondary N) is 1. The molecule has 0 bridgehead atoms. The van der Waals surface area contributed by atoms with Crippen molar-refractivity contribution in [2.24, 2.45) is 0 Å². The van der Waals surface area contributed by atoms with E-state index in [0.717, 1.165) is 21.2 Å². The second-order valence-electron chi connectivity index (χ2n) is 7.51. The zero-order valence-corrected chi connectivity index (χ0v) is 17.1. The van der Waals surface area contributed by atoms with Gasteiger partial charge < -0.3 is 10.1 Å². The number of fused-ring (bicyclic) bond motifs is 1. The molecule has 0 fully saturated rings. The first-order valence-corrected chi connectivity index (χ1v) is 10.2. The van der Waals surface area contributed by atoms with Crippen LogP contribution in [0.25, 0.3) is 16.7 Å². The maximum absolute atomic E-state index is 13.4. The maximum Gasteiger partial charge on any atom is 0.338 e. The molecule has 0 saturated carbocycles. The number of benzene rings is 3. The van der Waals surface area contributed by atoms with Crippen LogP contribution in [0.1, 0.15) is 17.0 Å². The lowest BCUT2D eigenvalue weighted by Gasteiger charge is -2.15. The van der Waals surface area contributed by atoms with Gasteiger partial charge in [0.25, 0.3) is 5.56 Å². The topological polar surface area (TPSA) is 92.9 Å². The molecule has 158 valence electrons. The van der Waals surface area contributed by atoms with Gasteiger partial charge in [0.2, 0.25) is 5.88 Å². The first kappa shape index (κ1) is 19.6. The molecule has 5 rings (SSSR count). The largest absolute Gasteiger partial charge is 0.494 e. The van der Waals surface area contributed by atoms with E-state index in [-0.39, 0.29) is 24.4 Å². The molecular weight excluding hydrogens is 404 g/mol. The lowest BCUT2D eigenvalue weighted by atomic mass is 10.1. The van der Waals surface area contributed by atoms with Crippen molar-refractivity contribution in [3.63, 3.8) is 0 Å². The zero-order chi connectivity index (χ0) is 22.1. The fourth-order valence-electron chi connectivity index (χ4n) is 3.82. The van der Waals surface area contributed by atoms with Crippen molar-refractivity contribution in [2.45, 2.75) is 13.0 Å². The number of hydrogen-bond donors (Lipinski definition) is 2. The highest BCUT2D eigenvalue weighted by Crippen LogP contribution is 2.19. The third kappa shape index (κ3) is 3.50. The van der Waals surface area contributed by atoms with Crippen molar-refractivity contribution in [1.82, 2.24) is 19.1 Å². The second kappa shape index (κ2) is 8.03. The summed E-state index contributed by atoms with van der Waals surface area (Å²) in [6.07, 6.45) is 0.193. The Hall–Kier alpha value is -4.39. The average molecular weight is 424 g/mol. The van der Waals surface area contributed by atoms with Crippen LogP contribution in [-0.2, 0) is 13.0 Å². The van der Waals surface area contributed by atoms with Gasteiger partial charge >= 0.3 is 5.69 Å². The summed E-state index contributed by atoms with van der Waals surface area (Å²) in [4.78, 5) is 34.4. The Balaban J connectivity index is 1.70. The summed E-state index contributed by atoms with van der Waals surface area (Å²) < 4.78 is 2.28. The number of nitrogens with zero attached hydrogens (tertiary/aromatic N) is 3. The molecule has 0 atom stereocenters. The molecule has 0 unspecified atom stereocenters. The number of para-hydroxylation sites is 3. The smallest absolute Gasteiger partial charge is 0.338 e. The Kier molecular flexibility index (Phi) is 4.91. The molecule has 7 nitrogen and oxygen atoms in total. The Morgan fingerprint density at radius 3 is 2.22 bits per heavy atom. The van der Waals surface area contributed by atoms with Crippen LogP contribution in [0.4, 0.5) is 0 Å². The molecule has 0 saturated heterocycles. The number of imidazole rings is 1. The van der Waals surface area contributed by atoms with E-state index in [9.17, 15) is 14.7 Å². The van der Waals surface area contributed by atoms with Crippen molar-refractivity contribution in [3.05, 3.63) is 123 Å². The van der Waals surface area contributed by atoms with Crippen LogP contribution in [0, 0.1) is 0 Å². The van der Waals surface area contributed by atoms with E-state index in [1.807, 2.05) is 60.7 Å². The Morgan fingerprint density at radius 1 is 0.844 bits per heavy atom. The van der Waals surface area contributed by atoms with Crippen LogP contribution in [-0.4, -0.2) is 24.2 Å². The normalized spacial score (nSPS) is 11.1. The number of aromatic nitrogens is 4. The summed E-state index contributed by atoms with van der Waals surface area (Å²) in [6, 6.07) is 25.6. The molecule has 0 radical (unpaired) electrons. The van der Waals surface area contributed by atoms with Gasteiger partial charge in [-0.05, 0) is 29.8 Å². The monoisotopic (exact) mass is 424 g/mol. The van der Waals surface area contributed by atoms with Crippen molar-refractivity contribution in [1.29, 1.82) is 0 Å². The standard InChI is InChI=1S/C25H20N4O3/c30-23-19(15-17-9-3-1-4-10-17)24(31)29(18-11-5-2-6-12-18)25(32)28(23)16-22-26-20-13-7-8-14-21(20)27-22/h1-14,30H,15-16H2,(H,26,27). The molecule has 2 N–H and O–H groups in total. The van der Waals surface area contributed by atoms with Gasteiger partial charge in [0.1, 0.15) is 5.82 Å². The fraction of sp³-hybridized carbons (Fsp3) is 0.0800. The molecule has 2 aromatic heterocycles. The third-order valence-corrected chi connectivity index (χ3v) is 5.39. The lowest BCUT2D eigenvalue weighted by Crippen LogP contribution is -2.41. The van der Waals surface area contributed by atoms with E-state index in [4.69, 9.17) is 0 Å². The quantitative estimate of drug-likeness (QED) is 0.453. The van der Waals surface area contributed by atoms with Crippen LogP contribution in [0.2, 0.25) is 0 Å². The number of aromatic amines is 1. The van der Waals surface area contributed by atoms with E-state index < -0.39 is 11.2 Å². The molecular formula is C25H20N4O3. The van der Waals surface area contributed by atoms with Crippen LogP contribution in [0.5, 0.6) is 5.88 Å². The van der Waals surface area contributed by atoms with E-state index in [2.05, 4.69) is 9.97 Å². The highest BCUT2D eigenvalue weighted by molar-refractivity contribution is 5.74. The van der Waals surface area contributed by atoms with Gasteiger partial charge in [-0.1, -0.05) is 60.7 Å². The molecule has 0 aliphatic carbocycles. The molecule has 32 heavy (non-hydrogen) atoms. The van der Waals surface area contributed by atoms with Gasteiger partial charge in [-0.2, -0.15) is 0 Å². The minimum Gasteiger partial charge on any atom is -0.494 e. The van der Waals surface area contributed by atoms with Gasteiger partial charge in [0, 0.05) is 6.42 Å². The molecule has 7 heteroatoms. The van der Waals surface area contributed by atoms with Crippen LogP contribution < -0.4 is 11.2 Å². The summed E-state index contributed by atoms with van der Waals surface area (Å²) in [5, 5.41) is 11.0. The molecule has 5 aromatic rings. The van der Waals surface area contributed by atoms with Gasteiger partial charge in [-0.15, -0.1) is 0 Å². The third-order valence-electron chi connectivity index (χ3n) is 5.39. The van der Waals surface area contributed by atoms with Crippen molar-refractivity contribution in [2.75, 3.05) is 0 Å². The second-order valence-corrected chi connectivity index (χ2v) is 7.51. The predicted molar refractivity (Wildman–Crippen MR) is 122 cm³/mol. The average Bonchev–Trinajstić information content (AvgIpc) is 3.24. The maximum atomic E-state index is 13.4. The van der Waals surface area contributed by atoms with Crippen molar-refractivity contribution >= 4 is 11.0 Å². The summed E-state index contributed by atoms with van der Waals surface area (Å²) in [6.45, 7) is -0.00570. The van der Waals surface area contributed by atoms with Crippen molar-refractivity contribution < 1.29 is 5.11 Å². The van der Waals surface area contributed by atoms with Crippen LogP contribution >= 0.6 is 0 Å². The van der Waals surface area contributed by atoms with Crippen molar-refractivity contribution in [3.8, 4) is 11.6 Å². The van der Waals surface area contributed by atoms with E-state index >= 15 is 0 Å². The molecule has 0 spiro atoms. The van der Waals surface area contributed by atoms with Gasteiger partial charge in [-0.25, -0.2) is 14.3 Å². The summed E-state index contributed by atoms with van der Waals surface area (Å²) in [5.41, 5.74) is 1.87. The van der Waals surface area contributed by atoms with Gasteiger partial charge in [0.15, 0.2) is 0 Å². The SMILES string of the molecule is O=c1c(Cc2ccccc2)c(O)n(Cc2nc3ccccc3[nH]2)c(=O)n1-c1ccccc1. The van der Waals surface area contributed by atoms with E-state index in [1.165, 1.54) is 4.57 Å². The predicted octanol–water partition coefficient (Wildman–Crippen LogP) is 3.22. The minimum absolute atomic E-state index is 0.00570. The summed E-state index contributed by atoms with van der Waals surface area (Å²) >= 11 is 0. The first-order chi connectivity index (χ1) is 15.6. The highest BCUT2D eigenvalue weighted by atomic mass is 16.3. The summed E-state index contributed by atoms with van der Waals surface area (Å²) in [5.74, 6) is 0.156. The lowest BCUT2D eigenvalue weighted by molar-refractivity contribution is 0.396. The fourth-order valence-corrected chi connectivity index (χ4v) is 3.82. The Labute approximate surface area is 182 Å². The molecule has 3 aromatic carbocycles. The number of aromatic hydroxyl groups is 1. The van der Waals surface area contributed by atoms with E-state index in [1.54, 1.807) is 24.3 Å². The Morgan fingerprint density at radius 2 is 1.50 bits per heavy atom. The highest BCUT2D eigenvalue weighted by Gasteiger charge is 2.21. The van der Waals surface area contributed by atoms with Gasteiger partial charge in [-0.3, -0.25) is 9.36 Å². The Bertz CT molecular complexity index is 1480. The molecule has 0 aliphatic rings. The minimum atomic E-state index is -0.629. The van der Waals surface area contributed by atoms with Crippen LogP contribution in [0.15, 0.2) is 94.5 Å². The van der Waals surface area contributed by atoms with Crippen LogP contribution in [0.3, 0.4) is 0 Å². The number of hydrogen-bond acceptors (Lipinski definition) is 4. The number of H-pyrrole nitrogens is 1. The molecule has 0 amide bonds. The number of rotatable bonds is 5. The zero-order valence-electron chi connectivity index (χ0n) is 17.1.